The van der Waals surface area contributed by atoms with E-state index in [-0.39, 0.29) is 17.1 Å². The Morgan fingerprint density at radius 3 is 2.79 bits per heavy atom. The molecule has 4 nitrogen and oxygen atoms in total. The fraction of sp³-hybridized carbons (Fsp3) is 0.538. The molecule has 1 fully saturated rings. The molecule has 2 atom stereocenters. The van der Waals surface area contributed by atoms with E-state index in [1.807, 2.05) is 0 Å². The lowest BCUT2D eigenvalue weighted by molar-refractivity contribution is 0.159. The molecule has 1 aromatic rings. The summed E-state index contributed by atoms with van der Waals surface area (Å²) in [6.45, 7) is 0. The highest BCUT2D eigenvalue weighted by Gasteiger charge is 2.36. The summed E-state index contributed by atoms with van der Waals surface area (Å²) in [4.78, 5) is 0. The molecule has 0 amide bonds. The summed E-state index contributed by atoms with van der Waals surface area (Å²) in [5.74, 6) is -0.636. The third-order valence-electron chi connectivity index (χ3n) is 3.51. The van der Waals surface area contributed by atoms with Gasteiger partial charge in [-0.25, -0.2) is 12.8 Å². The lowest BCUT2D eigenvalue weighted by atomic mass is 10.0. The van der Waals surface area contributed by atoms with Gasteiger partial charge in [-0.05, 0) is 18.9 Å². The fourth-order valence-electron chi connectivity index (χ4n) is 2.45. The highest BCUT2D eigenvalue weighted by molar-refractivity contribution is 7.92. The highest BCUT2D eigenvalue weighted by Crippen LogP contribution is 2.34. The van der Waals surface area contributed by atoms with E-state index in [2.05, 4.69) is 0 Å². The van der Waals surface area contributed by atoms with Crippen molar-refractivity contribution in [1.82, 2.24) is 0 Å². The van der Waals surface area contributed by atoms with Crippen molar-refractivity contribution in [2.45, 2.75) is 30.6 Å². The Kier molecular flexibility index (Phi) is 4.10. The molecule has 2 rings (SSSR count). The van der Waals surface area contributed by atoms with Crippen LogP contribution in [0.2, 0.25) is 0 Å². The number of methoxy groups -OCH3 is 1. The summed E-state index contributed by atoms with van der Waals surface area (Å²) in [5, 5.41) is 9.28. The van der Waals surface area contributed by atoms with Gasteiger partial charge in [-0.3, -0.25) is 0 Å². The predicted molar refractivity (Wildman–Crippen MR) is 69.3 cm³/mol. The zero-order valence-electron chi connectivity index (χ0n) is 10.7. The number of hydrogen-bond acceptors (Lipinski definition) is 4. The van der Waals surface area contributed by atoms with Gasteiger partial charge in [-0.2, -0.15) is 0 Å². The molecule has 1 aromatic carbocycles. The van der Waals surface area contributed by atoms with Crippen LogP contribution in [-0.2, 0) is 9.84 Å². The maximum Gasteiger partial charge on any atom is 0.170 e. The molecule has 1 saturated heterocycles. The third-order valence-corrected chi connectivity index (χ3v) is 5.79. The SMILES string of the molecule is COc1cccc(C(O)C2CCCCS2(=O)=O)c1F. The largest absolute Gasteiger partial charge is 0.494 e. The van der Waals surface area contributed by atoms with Crippen molar-refractivity contribution in [3.8, 4) is 5.75 Å². The number of halogens is 1. The number of aliphatic hydroxyl groups excluding tert-OH is 1. The molecular weight excluding hydrogens is 271 g/mol. The summed E-state index contributed by atoms with van der Waals surface area (Å²) in [6.07, 6.45) is 0.346. The first-order valence-electron chi connectivity index (χ1n) is 6.19. The van der Waals surface area contributed by atoms with E-state index in [1.54, 1.807) is 0 Å². The molecule has 0 spiro atoms. The lowest BCUT2D eigenvalue weighted by Gasteiger charge is -2.27. The second kappa shape index (κ2) is 5.46. The summed E-state index contributed by atoms with van der Waals surface area (Å²) < 4.78 is 42.8. The summed E-state index contributed by atoms with van der Waals surface area (Å²) in [7, 11) is -2.04. The Morgan fingerprint density at radius 2 is 2.16 bits per heavy atom. The number of hydrogen-bond donors (Lipinski definition) is 1. The first-order valence-corrected chi connectivity index (χ1v) is 7.91. The molecule has 1 N–H and O–H groups in total. The van der Waals surface area contributed by atoms with E-state index < -0.39 is 27.0 Å². The minimum atomic E-state index is -3.36. The number of benzene rings is 1. The quantitative estimate of drug-likeness (QED) is 0.921. The van der Waals surface area contributed by atoms with Crippen LogP contribution in [0.1, 0.15) is 30.9 Å². The Bertz CT molecular complexity index is 556. The number of sulfone groups is 1. The van der Waals surface area contributed by atoms with Crippen molar-refractivity contribution in [3.05, 3.63) is 29.6 Å². The summed E-state index contributed by atoms with van der Waals surface area (Å²) >= 11 is 0. The first-order chi connectivity index (χ1) is 8.97. The van der Waals surface area contributed by atoms with Gasteiger partial charge in [-0.1, -0.05) is 18.6 Å². The van der Waals surface area contributed by atoms with Gasteiger partial charge in [0.1, 0.15) is 0 Å². The van der Waals surface area contributed by atoms with Gasteiger partial charge in [0.15, 0.2) is 21.4 Å². The number of aliphatic hydroxyl groups is 1. The molecule has 0 bridgehead atoms. The zero-order chi connectivity index (χ0) is 14.0. The molecule has 0 aliphatic carbocycles. The van der Waals surface area contributed by atoms with Gasteiger partial charge in [0.05, 0.1) is 24.2 Å². The van der Waals surface area contributed by atoms with Crippen LogP contribution >= 0.6 is 0 Å². The minimum Gasteiger partial charge on any atom is -0.494 e. The molecule has 6 heteroatoms. The van der Waals surface area contributed by atoms with E-state index in [0.717, 1.165) is 6.42 Å². The topological polar surface area (TPSA) is 63.6 Å². The lowest BCUT2D eigenvalue weighted by Crippen LogP contribution is -2.34. The number of rotatable bonds is 3. The van der Waals surface area contributed by atoms with E-state index in [0.29, 0.717) is 12.8 Å². The molecule has 0 aromatic heterocycles. The Hall–Kier alpha value is -1.14. The van der Waals surface area contributed by atoms with Crippen LogP contribution in [0.4, 0.5) is 4.39 Å². The van der Waals surface area contributed by atoms with Crippen LogP contribution in [0.5, 0.6) is 5.75 Å². The average Bonchev–Trinajstić information content (AvgIpc) is 2.38. The molecule has 1 aliphatic heterocycles. The van der Waals surface area contributed by atoms with Crippen LogP contribution in [0.15, 0.2) is 18.2 Å². The van der Waals surface area contributed by atoms with Gasteiger partial charge >= 0.3 is 0 Å². The second-order valence-electron chi connectivity index (χ2n) is 4.71. The fourth-order valence-corrected chi connectivity index (χ4v) is 4.42. The standard InChI is InChI=1S/C13H17FO4S/c1-18-10-6-4-5-9(12(10)14)13(15)11-7-2-3-8-19(11,16)17/h4-6,11,13,15H,2-3,7-8H2,1H3. The highest BCUT2D eigenvalue weighted by atomic mass is 32.2. The molecule has 1 aliphatic rings. The Labute approximate surface area is 112 Å². The van der Waals surface area contributed by atoms with Gasteiger partial charge in [0.25, 0.3) is 0 Å². The number of ether oxygens (including phenoxy) is 1. The van der Waals surface area contributed by atoms with Crippen LogP contribution in [0.25, 0.3) is 0 Å². The smallest absolute Gasteiger partial charge is 0.170 e. The van der Waals surface area contributed by atoms with Crippen LogP contribution < -0.4 is 4.74 Å². The van der Waals surface area contributed by atoms with Gasteiger partial charge in [0, 0.05) is 5.56 Å². The normalized spacial score (nSPS) is 23.8. The van der Waals surface area contributed by atoms with Crippen molar-refractivity contribution in [2.75, 3.05) is 12.9 Å². The molecule has 2 unspecified atom stereocenters. The zero-order valence-corrected chi connectivity index (χ0v) is 11.5. The van der Waals surface area contributed by atoms with Gasteiger partial charge < -0.3 is 9.84 Å². The van der Waals surface area contributed by atoms with Crippen molar-refractivity contribution < 1.29 is 22.7 Å². The van der Waals surface area contributed by atoms with Gasteiger partial charge in [-0.15, -0.1) is 0 Å². The Balaban J connectivity index is 2.36. The maximum absolute atomic E-state index is 14.1. The predicted octanol–water partition coefficient (Wildman–Crippen LogP) is 1.83. The monoisotopic (exact) mass is 288 g/mol. The molecule has 106 valence electrons. The second-order valence-corrected chi connectivity index (χ2v) is 7.05. The van der Waals surface area contributed by atoms with E-state index >= 15 is 0 Å². The molecule has 19 heavy (non-hydrogen) atoms. The van der Waals surface area contributed by atoms with Crippen molar-refractivity contribution >= 4 is 9.84 Å². The van der Waals surface area contributed by atoms with Crippen LogP contribution in [0.3, 0.4) is 0 Å². The van der Waals surface area contributed by atoms with E-state index in [4.69, 9.17) is 4.74 Å². The van der Waals surface area contributed by atoms with Crippen molar-refractivity contribution in [3.63, 3.8) is 0 Å². The van der Waals surface area contributed by atoms with E-state index in [9.17, 15) is 17.9 Å². The van der Waals surface area contributed by atoms with Crippen LogP contribution in [-0.4, -0.2) is 31.6 Å². The summed E-state index contributed by atoms with van der Waals surface area (Å²) in [5.41, 5.74) is -0.0187. The van der Waals surface area contributed by atoms with Crippen molar-refractivity contribution in [1.29, 1.82) is 0 Å². The molecule has 0 radical (unpaired) electrons. The van der Waals surface area contributed by atoms with Gasteiger partial charge in [0.2, 0.25) is 0 Å². The third kappa shape index (κ3) is 2.74. The van der Waals surface area contributed by atoms with Crippen molar-refractivity contribution in [2.24, 2.45) is 0 Å². The van der Waals surface area contributed by atoms with Crippen LogP contribution in [0, 0.1) is 5.82 Å². The van der Waals surface area contributed by atoms with E-state index in [1.165, 1.54) is 25.3 Å². The molecule has 1 heterocycles. The minimum absolute atomic E-state index is 0.00440. The molecular formula is C13H17FO4S. The molecule has 0 saturated carbocycles. The average molecular weight is 288 g/mol. The first kappa shape index (κ1) is 14.3. The summed E-state index contributed by atoms with van der Waals surface area (Å²) in [6, 6.07) is 4.36. The Morgan fingerprint density at radius 1 is 1.42 bits per heavy atom. The maximum atomic E-state index is 14.1.